The maximum atomic E-state index is 11.0. The first kappa shape index (κ1) is 13.2. The lowest BCUT2D eigenvalue weighted by atomic mass is 10.0. The molecule has 20 heavy (non-hydrogen) atoms. The van der Waals surface area contributed by atoms with Crippen LogP contribution in [-0.4, -0.2) is 4.92 Å². The summed E-state index contributed by atoms with van der Waals surface area (Å²) >= 11 is 3.35. The number of hydrogen-bond donors (Lipinski definition) is 1. The molecular weight excluding hydrogens is 292 g/mol. The van der Waals surface area contributed by atoms with Gasteiger partial charge in [0.25, 0.3) is 5.69 Å². The van der Waals surface area contributed by atoms with Gasteiger partial charge in [0.2, 0.25) is 0 Å². The monoisotopic (exact) mass is 304 g/mol. The standard InChI is InChI=1S/C14H12N2O2S2/c15-10(13-8-14-12(20-13)5-6-19-14)7-9-3-1-2-4-11(9)16(17)18/h1-6,8,10H,7,15H2. The van der Waals surface area contributed by atoms with E-state index in [1.165, 1.54) is 15.5 Å². The maximum Gasteiger partial charge on any atom is 0.272 e. The van der Waals surface area contributed by atoms with Gasteiger partial charge >= 0.3 is 0 Å². The summed E-state index contributed by atoms with van der Waals surface area (Å²) in [5.41, 5.74) is 7.03. The van der Waals surface area contributed by atoms with Gasteiger partial charge in [-0.25, -0.2) is 0 Å². The molecule has 0 aliphatic heterocycles. The number of nitro groups is 1. The Morgan fingerprint density at radius 2 is 2.05 bits per heavy atom. The Hall–Kier alpha value is -1.76. The van der Waals surface area contributed by atoms with Crippen LogP contribution >= 0.6 is 22.7 Å². The number of rotatable bonds is 4. The molecule has 2 N–H and O–H groups in total. The van der Waals surface area contributed by atoms with Gasteiger partial charge in [0.15, 0.2) is 0 Å². The summed E-state index contributed by atoms with van der Waals surface area (Å²) in [4.78, 5) is 11.7. The van der Waals surface area contributed by atoms with Gasteiger partial charge in [-0.05, 0) is 23.9 Å². The average Bonchev–Trinajstić information content (AvgIpc) is 2.99. The van der Waals surface area contributed by atoms with E-state index in [0.717, 1.165) is 4.88 Å². The Bertz CT molecular complexity index is 735. The van der Waals surface area contributed by atoms with E-state index in [4.69, 9.17) is 5.73 Å². The van der Waals surface area contributed by atoms with Crippen molar-refractivity contribution in [2.75, 3.05) is 0 Å². The highest BCUT2D eigenvalue weighted by Crippen LogP contribution is 2.34. The van der Waals surface area contributed by atoms with Crippen LogP contribution < -0.4 is 5.73 Å². The number of nitro benzene ring substituents is 1. The molecule has 1 atom stereocenters. The van der Waals surface area contributed by atoms with Crippen LogP contribution in [0.25, 0.3) is 9.40 Å². The van der Waals surface area contributed by atoms with Crippen LogP contribution in [0.4, 0.5) is 5.69 Å². The highest BCUT2D eigenvalue weighted by Gasteiger charge is 2.17. The predicted octanol–water partition coefficient (Wildman–Crippen LogP) is 4.11. The number of thiophene rings is 2. The molecule has 2 aromatic heterocycles. The zero-order valence-corrected chi connectivity index (χ0v) is 12.1. The second kappa shape index (κ2) is 5.32. The molecule has 2 heterocycles. The van der Waals surface area contributed by atoms with Gasteiger partial charge in [0.05, 0.1) is 4.92 Å². The van der Waals surface area contributed by atoms with Gasteiger partial charge in [-0.3, -0.25) is 10.1 Å². The Balaban J connectivity index is 1.87. The number of hydrogen-bond acceptors (Lipinski definition) is 5. The number of nitrogens with two attached hydrogens (primary N) is 1. The van der Waals surface area contributed by atoms with E-state index in [2.05, 4.69) is 17.5 Å². The quantitative estimate of drug-likeness (QED) is 0.582. The third-order valence-electron chi connectivity index (χ3n) is 3.15. The predicted molar refractivity (Wildman–Crippen MR) is 83.4 cm³/mol. The third kappa shape index (κ3) is 2.45. The summed E-state index contributed by atoms with van der Waals surface area (Å²) in [5, 5.41) is 13.1. The second-order valence-corrected chi connectivity index (χ2v) is 6.56. The Labute approximate surface area is 123 Å². The van der Waals surface area contributed by atoms with Crippen LogP contribution in [0.1, 0.15) is 16.5 Å². The summed E-state index contributed by atoms with van der Waals surface area (Å²) in [5.74, 6) is 0. The smallest absolute Gasteiger partial charge is 0.272 e. The Morgan fingerprint density at radius 1 is 1.25 bits per heavy atom. The van der Waals surface area contributed by atoms with Crippen molar-refractivity contribution >= 4 is 37.8 Å². The summed E-state index contributed by atoms with van der Waals surface area (Å²) < 4.78 is 2.45. The summed E-state index contributed by atoms with van der Waals surface area (Å²) in [6.07, 6.45) is 0.477. The molecule has 0 aliphatic carbocycles. The largest absolute Gasteiger partial charge is 0.323 e. The van der Waals surface area contributed by atoms with Gasteiger partial charge in [-0.2, -0.15) is 0 Å². The highest BCUT2D eigenvalue weighted by atomic mass is 32.1. The third-order valence-corrected chi connectivity index (χ3v) is 5.38. The van der Waals surface area contributed by atoms with Crippen LogP contribution in [0.5, 0.6) is 0 Å². The minimum absolute atomic E-state index is 0.140. The molecule has 3 aromatic rings. The van der Waals surface area contributed by atoms with Crippen LogP contribution in [0.15, 0.2) is 41.8 Å². The van der Waals surface area contributed by atoms with Crippen molar-refractivity contribution in [1.82, 2.24) is 0 Å². The van der Waals surface area contributed by atoms with Gasteiger partial charge in [0, 0.05) is 31.9 Å². The molecule has 102 valence electrons. The van der Waals surface area contributed by atoms with Crippen molar-refractivity contribution < 1.29 is 4.92 Å². The fraction of sp³-hybridized carbons (Fsp3) is 0.143. The normalized spacial score (nSPS) is 12.7. The summed E-state index contributed by atoms with van der Waals surface area (Å²) in [6.45, 7) is 0. The number of fused-ring (bicyclic) bond motifs is 1. The molecule has 1 aromatic carbocycles. The zero-order valence-electron chi connectivity index (χ0n) is 10.5. The van der Waals surface area contributed by atoms with Crippen LogP contribution in [0.3, 0.4) is 0 Å². The first-order valence-electron chi connectivity index (χ1n) is 6.10. The molecule has 0 saturated heterocycles. The van der Waals surface area contributed by atoms with Crippen molar-refractivity contribution in [2.24, 2.45) is 5.73 Å². The first-order chi connectivity index (χ1) is 9.65. The molecule has 4 nitrogen and oxygen atoms in total. The van der Waals surface area contributed by atoms with Crippen molar-refractivity contribution in [3.05, 3.63) is 62.3 Å². The highest BCUT2D eigenvalue weighted by molar-refractivity contribution is 7.26. The summed E-state index contributed by atoms with van der Waals surface area (Å²) in [7, 11) is 0. The maximum absolute atomic E-state index is 11.0. The fourth-order valence-electron chi connectivity index (χ4n) is 2.17. The minimum Gasteiger partial charge on any atom is -0.323 e. The number of benzene rings is 1. The number of nitrogens with zero attached hydrogens (tertiary/aromatic N) is 1. The summed E-state index contributed by atoms with van der Waals surface area (Å²) in [6, 6.07) is 10.7. The van der Waals surface area contributed by atoms with Gasteiger partial charge < -0.3 is 5.73 Å². The van der Waals surface area contributed by atoms with E-state index >= 15 is 0 Å². The average molecular weight is 304 g/mol. The molecule has 0 amide bonds. The SMILES string of the molecule is NC(Cc1ccccc1[N+](=O)[O-])c1cc2sccc2s1. The lowest BCUT2D eigenvalue weighted by Crippen LogP contribution is -2.12. The zero-order chi connectivity index (χ0) is 14.1. The van der Waals surface area contributed by atoms with E-state index in [1.807, 2.05) is 6.07 Å². The molecule has 0 saturated carbocycles. The fourth-order valence-corrected chi connectivity index (χ4v) is 4.29. The van der Waals surface area contributed by atoms with E-state index in [-0.39, 0.29) is 16.7 Å². The molecule has 6 heteroatoms. The molecule has 0 fully saturated rings. The van der Waals surface area contributed by atoms with Gasteiger partial charge in [0.1, 0.15) is 0 Å². The van der Waals surface area contributed by atoms with Crippen molar-refractivity contribution in [1.29, 1.82) is 0 Å². The topological polar surface area (TPSA) is 69.2 Å². The molecule has 0 radical (unpaired) electrons. The molecular formula is C14H12N2O2S2. The van der Waals surface area contributed by atoms with Crippen molar-refractivity contribution in [3.63, 3.8) is 0 Å². The molecule has 3 rings (SSSR count). The van der Waals surface area contributed by atoms with E-state index in [9.17, 15) is 10.1 Å². The van der Waals surface area contributed by atoms with Gasteiger partial charge in [-0.1, -0.05) is 18.2 Å². The van der Waals surface area contributed by atoms with Crippen LogP contribution in [0, 0.1) is 10.1 Å². The number of para-hydroxylation sites is 1. The second-order valence-electron chi connectivity index (χ2n) is 4.49. The lowest BCUT2D eigenvalue weighted by Gasteiger charge is -2.09. The van der Waals surface area contributed by atoms with E-state index in [0.29, 0.717) is 12.0 Å². The van der Waals surface area contributed by atoms with Crippen molar-refractivity contribution in [2.45, 2.75) is 12.5 Å². The Kier molecular flexibility index (Phi) is 3.52. The Morgan fingerprint density at radius 3 is 2.80 bits per heavy atom. The van der Waals surface area contributed by atoms with E-state index < -0.39 is 0 Å². The first-order valence-corrected chi connectivity index (χ1v) is 7.79. The minimum atomic E-state index is -0.352. The lowest BCUT2D eigenvalue weighted by molar-refractivity contribution is -0.385. The molecule has 0 bridgehead atoms. The molecule has 1 unspecified atom stereocenters. The van der Waals surface area contributed by atoms with Gasteiger partial charge in [-0.15, -0.1) is 22.7 Å². The molecule has 0 aliphatic rings. The molecule has 0 spiro atoms. The van der Waals surface area contributed by atoms with E-state index in [1.54, 1.807) is 34.8 Å². The van der Waals surface area contributed by atoms with Crippen LogP contribution in [-0.2, 0) is 6.42 Å². The van der Waals surface area contributed by atoms with Crippen molar-refractivity contribution in [3.8, 4) is 0 Å². The van der Waals surface area contributed by atoms with Crippen LogP contribution in [0.2, 0.25) is 0 Å².